The second-order valence-corrected chi connectivity index (χ2v) is 6.08. The first-order valence-corrected chi connectivity index (χ1v) is 7.96. The van der Waals surface area contributed by atoms with Gasteiger partial charge in [-0.1, -0.05) is 46.3 Å². The minimum absolute atomic E-state index is 0.234. The summed E-state index contributed by atoms with van der Waals surface area (Å²) in [6.07, 6.45) is -0.485. The minimum Gasteiger partial charge on any atom is -0.444 e. The average Bonchev–Trinajstić information content (AvgIpc) is 2.54. The second-order valence-electron chi connectivity index (χ2n) is 5.16. The highest BCUT2D eigenvalue weighted by atomic mass is 79.9. The van der Waals surface area contributed by atoms with Crippen molar-refractivity contribution in [3.8, 4) is 0 Å². The van der Waals surface area contributed by atoms with Gasteiger partial charge in [-0.05, 0) is 36.8 Å². The van der Waals surface area contributed by atoms with Gasteiger partial charge in [0.05, 0.1) is 11.2 Å². The number of carbonyl (C=O) groups is 1. The molecule has 0 unspecified atom stereocenters. The van der Waals surface area contributed by atoms with Gasteiger partial charge in [0.15, 0.2) is 0 Å². The first kappa shape index (κ1) is 15.5. The maximum Gasteiger partial charge on any atom is 0.411 e. The highest BCUT2D eigenvalue weighted by molar-refractivity contribution is 9.10. The van der Waals surface area contributed by atoms with E-state index < -0.39 is 6.09 Å². The lowest BCUT2D eigenvalue weighted by molar-refractivity contribution is 0.155. The van der Waals surface area contributed by atoms with Crippen molar-refractivity contribution in [3.63, 3.8) is 0 Å². The Labute approximate surface area is 142 Å². The summed E-state index contributed by atoms with van der Waals surface area (Å²) in [5.41, 5.74) is 3.29. The summed E-state index contributed by atoms with van der Waals surface area (Å²) in [4.78, 5) is 16.5. The Morgan fingerprint density at radius 1 is 1.17 bits per heavy atom. The average molecular weight is 371 g/mol. The van der Waals surface area contributed by atoms with Gasteiger partial charge in [0.25, 0.3) is 0 Å². The highest BCUT2D eigenvalue weighted by Crippen LogP contribution is 2.26. The van der Waals surface area contributed by atoms with Gasteiger partial charge in [-0.15, -0.1) is 0 Å². The third kappa shape index (κ3) is 3.87. The largest absolute Gasteiger partial charge is 0.444 e. The van der Waals surface area contributed by atoms with Crippen molar-refractivity contribution in [1.29, 1.82) is 0 Å². The van der Waals surface area contributed by atoms with Crippen LogP contribution in [0.5, 0.6) is 0 Å². The normalized spacial score (nSPS) is 10.5. The number of amides is 1. The first-order chi connectivity index (χ1) is 11.1. The molecule has 0 aliphatic heterocycles. The second kappa shape index (κ2) is 6.79. The standard InChI is InChI=1S/C18H15BrN2O2/c1-12-9-17(15-10-14(19)7-8-16(15)20-12)21-18(22)23-11-13-5-3-2-4-6-13/h2-10H,11H2,1H3,(H,20,21,22). The number of fused-ring (bicyclic) bond motifs is 1. The third-order valence-corrected chi connectivity index (χ3v) is 3.84. The van der Waals surface area contributed by atoms with E-state index in [0.29, 0.717) is 5.69 Å². The van der Waals surface area contributed by atoms with Gasteiger partial charge < -0.3 is 4.74 Å². The van der Waals surface area contributed by atoms with Crippen LogP contribution in [0.1, 0.15) is 11.3 Å². The molecule has 2 aromatic carbocycles. The topological polar surface area (TPSA) is 51.2 Å². The highest BCUT2D eigenvalue weighted by Gasteiger charge is 2.09. The number of nitrogens with zero attached hydrogens (tertiary/aromatic N) is 1. The van der Waals surface area contributed by atoms with Gasteiger partial charge in [0.1, 0.15) is 6.61 Å². The molecule has 5 heteroatoms. The molecule has 23 heavy (non-hydrogen) atoms. The van der Waals surface area contributed by atoms with E-state index in [1.807, 2.05) is 61.5 Å². The van der Waals surface area contributed by atoms with Crippen LogP contribution in [-0.2, 0) is 11.3 Å². The molecule has 4 nitrogen and oxygen atoms in total. The molecule has 1 aromatic heterocycles. The lowest BCUT2D eigenvalue weighted by Gasteiger charge is -2.11. The van der Waals surface area contributed by atoms with E-state index in [2.05, 4.69) is 26.2 Å². The molecule has 0 aliphatic carbocycles. The summed E-state index contributed by atoms with van der Waals surface area (Å²) in [5, 5.41) is 3.66. The number of aromatic nitrogens is 1. The van der Waals surface area contributed by atoms with Crippen LogP contribution >= 0.6 is 15.9 Å². The Balaban J connectivity index is 1.78. The van der Waals surface area contributed by atoms with E-state index in [9.17, 15) is 4.79 Å². The number of hydrogen-bond donors (Lipinski definition) is 1. The summed E-state index contributed by atoms with van der Waals surface area (Å²) in [5.74, 6) is 0. The van der Waals surface area contributed by atoms with Gasteiger partial charge in [0, 0.05) is 15.6 Å². The molecule has 0 fully saturated rings. The van der Waals surface area contributed by atoms with Gasteiger partial charge in [-0.25, -0.2) is 4.79 Å². The number of carbonyl (C=O) groups excluding carboxylic acids is 1. The zero-order valence-electron chi connectivity index (χ0n) is 12.5. The van der Waals surface area contributed by atoms with E-state index in [0.717, 1.165) is 26.6 Å². The molecular formula is C18H15BrN2O2. The maximum absolute atomic E-state index is 12.1. The zero-order valence-corrected chi connectivity index (χ0v) is 14.1. The number of halogens is 1. The summed E-state index contributed by atoms with van der Waals surface area (Å²) in [7, 11) is 0. The fourth-order valence-corrected chi connectivity index (χ4v) is 2.66. The predicted molar refractivity (Wildman–Crippen MR) is 94.4 cm³/mol. The molecule has 0 saturated heterocycles. The fraction of sp³-hybridized carbons (Fsp3) is 0.111. The Kier molecular flexibility index (Phi) is 4.57. The van der Waals surface area contributed by atoms with Crippen LogP contribution in [0.2, 0.25) is 0 Å². The minimum atomic E-state index is -0.485. The van der Waals surface area contributed by atoms with Crippen molar-refractivity contribution >= 4 is 38.6 Å². The molecule has 3 aromatic rings. The number of anilines is 1. The summed E-state index contributed by atoms with van der Waals surface area (Å²) in [6.45, 7) is 2.13. The number of benzene rings is 2. The lowest BCUT2D eigenvalue weighted by Crippen LogP contribution is -2.14. The van der Waals surface area contributed by atoms with Crippen molar-refractivity contribution in [1.82, 2.24) is 4.98 Å². The van der Waals surface area contributed by atoms with Crippen molar-refractivity contribution < 1.29 is 9.53 Å². The van der Waals surface area contributed by atoms with Crippen LogP contribution in [0.4, 0.5) is 10.5 Å². The van der Waals surface area contributed by atoms with Crippen LogP contribution in [0.3, 0.4) is 0 Å². The lowest BCUT2D eigenvalue weighted by atomic mass is 10.1. The van der Waals surface area contributed by atoms with E-state index in [1.165, 1.54) is 0 Å². The number of rotatable bonds is 3. The molecule has 0 radical (unpaired) electrons. The predicted octanol–water partition coefficient (Wildman–Crippen LogP) is 5.05. The third-order valence-electron chi connectivity index (χ3n) is 3.35. The Bertz CT molecular complexity index is 850. The van der Waals surface area contributed by atoms with Crippen molar-refractivity contribution in [3.05, 3.63) is 70.3 Å². The van der Waals surface area contributed by atoms with Crippen LogP contribution in [-0.4, -0.2) is 11.1 Å². The van der Waals surface area contributed by atoms with E-state index in [-0.39, 0.29) is 6.61 Å². The Morgan fingerprint density at radius 3 is 2.74 bits per heavy atom. The summed E-state index contributed by atoms with van der Waals surface area (Å²) >= 11 is 3.44. The number of pyridine rings is 1. The molecule has 0 atom stereocenters. The summed E-state index contributed by atoms with van der Waals surface area (Å²) < 4.78 is 6.20. The molecule has 1 amide bonds. The van der Waals surface area contributed by atoms with Gasteiger partial charge >= 0.3 is 6.09 Å². The molecule has 0 saturated carbocycles. The maximum atomic E-state index is 12.1. The van der Waals surface area contributed by atoms with E-state index in [1.54, 1.807) is 0 Å². The first-order valence-electron chi connectivity index (χ1n) is 7.16. The van der Waals surface area contributed by atoms with Crippen LogP contribution in [0.15, 0.2) is 59.1 Å². The quantitative estimate of drug-likeness (QED) is 0.701. The monoisotopic (exact) mass is 370 g/mol. The van der Waals surface area contributed by atoms with Gasteiger partial charge in [0.2, 0.25) is 0 Å². The molecule has 0 bridgehead atoms. The molecule has 0 spiro atoms. The molecule has 1 N–H and O–H groups in total. The SMILES string of the molecule is Cc1cc(NC(=O)OCc2ccccc2)c2cc(Br)ccc2n1. The van der Waals surface area contributed by atoms with Gasteiger partial charge in [-0.3, -0.25) is 10.3 Å². The Morgan fingerprint density at radius 2 is 1.96 bits per heavy atom. The van der Waals surface area contributed by atoms with E-state index in [4.69, 9.17) is 4.74 Å². The number of ether oxygens (including phenoxy) is 1. The molecule has 3 rings (SSSR count). The number of nitrogens with one attached hydrogen (secondary N) is 1. The van der Waals surface area contributed by atoms with E-state index >= 15 is 0 Å². The van der Waals surface area contributed by atoms with Crippen molar-refractivity contribution in [2.45, 2.75) is 13.5 Å². The molecule has 0 aliphatic rings. The molecule has 1 heterocycles. The zero-order chi connectivity index (χ0) is 16.2. The fourth-order valence-electron chi connectivity index (χ4n) is 2.30. The summed E-state index contributed by atoms with van der Waals surface area (Å²) in [6, 6.07) is 17.2. The number of aryl methyl sites for hydroxylation is 1. The molecular weight excluding hydrogens is 356 g/mol. The van der Waals surface area contributed by atoms with Crippen LogP contribution in [0, 0.1) is 6.92 Å². The van der Waals surface area contributed by atoms with Gasteiger partial charge in [-0.2, -0.15) is 0 Å². The van der Waals surface area contributed by atoms with Crippen molar-refractivity contribution in [2.24, 2.45) is 0 Å². The smallest absolute Gasteiger partial charge is 0.411 e. The van der Waals surface area contributed by atoms with Crippen LogP contribution < -0.4 is 5.32 Å². The van der Waals surface area contributed by atoms with Crippen LogP contribution in [0.25, 0.3) is 10.9 Å². The number of hydrogen-bond acceptors (Lipinski definition) is 3. The molecule has 116 valence electrons. The van der Waals surface area contributed by atoms with Crippen molar-refractivity contribution in [2.75, 3.05) is 5.32 Å². The Hall–Kier alpha value is -2.40.